The van der Waals surface area contributed by atoms with Crippen molar-refractivity contribution in [1.29, 1.82) is 0 Å². The van der Waals surface area contributed by atoms with E-state index in [1.54, 1.807) is 104 Å². The molecule has 7 nitrogen and oxygen atoms in total. The monoisotopic (exact) mass is 648 g/mol. The van der Waals surface area contributed by atoms with E-state index in [1.165, 1.54) is 10.4 Å². The number of hydrogen-bond donors (Lipinski definition) is 2. The smallest absolute Gasteiger partial charge is 0.326 e. The van der Waals surface area contributed by atoms with E-state index in [0.717, 1.165) is 5.56 Å². The van der Waals surface area contributed by atoms with Crippen LogP contribution in [0.15, 0.2) is 120 Å². The third-order valence-electron chi connectivity index (χ3n) is 7.63. The van der Waals surface area contributed by atoms with Crippen LogP contribution >= 0.6 is 23.2 Å². The summed E-state index contributed by atoms with van der Waals surface area (Å²) in [6.45, 7) is 1.72. The van der Waals surface area contributed by atoms with Crippen LogP contribution in [0.5, 0.6) is 0 Å². The van der Waals surface area contributed by atoms with Crippen molar-refractivity contribution < 1.29 is 23.1 Å². The number of carbonyl (C=O) groups is 2. The number of aliphatic carboxylic acids is 1. The van der Waals surface area contributed by atoms with Gasteiger partial charge in [-0.05, 0) is 65.9 Å². The Hall–Kier alpha value is -3.95. The third-order valence-corrected chi connectivity index (χ3v) is 10.2. The van der Waals surface area contributed by atoms with E-state index in [4.69, 9.17) is 23.2 Å². The Kier molecular flexibility index (Phi) is 9.56. The topological polar surface area (TPSA) is 104 Å². The fourth-order valence-electron chi connectivity index (χ4n) is 5.52. The minimum absolute atomic E-state index is 0.0512. The van der Waals surface area contributed by atoms with Crippen molar-refractivity contribution in [2.45, 2.75) is 42.8 Å². The molecule has 2 N–H and O–H groups in total. The lowest BCUT2D eigenvalue weighted by atomic mass is 9.88. The maximum Gasteiger partial charge on any atom is 0.326 e. The molecule has 10 heteroatoms. The van der Waals surface area contributed by atoms with Gasteiger partial charge >= 0.3 is 5.97 Å². The van der Waals surface area contributed by atoms with Gasteiger partial charge in [0, 0.05) is 22.0 Å². The van der Waals surface area contributed by atoms with Gasteiger partial charge in [-0.15, -0.1) is 0 Å². The molecule has 1 aliphatic heterocycles. The van der Waals surface area contributed by atoms with E-state index in [1.807, 2.05) is 6.07 Å². The van der Waals surface area contributed by atoms with Crippen LogP contribution in [-0.2, 0) is 26.0 Å². The molecule has 4 aromatic carbocycles. The summed E-state index contributed by atoms with van der Waals surface area (Å²) in [5.74, 6) is -1.89. The fraction of sp³-hybridized carbons (Fsp3) is 0.176. The van der Waals surface area contributed by atoms with Crippen LogP contribution in [0.4, 0.5) is 0 Å². The second-order valence-corrected chi connectivity index (χ2v) is 13.3. The molecule has 5 rings (SSSR count). The molecule has 3 atom stereocenters. The molecule has 0 bridgehead atoms. The average molecular weight is 650 g/mol. The van der Waals surface area contributed by atoms with Crippen LogP contribution in [0.3, 0.4) is 0 Å². The lowest BCUT2D eigenvalue weighted by Crippen LogP contribution is -2.48. The Balaban J connectivity index is 1.66. The lowest BCUT2D eigenvalue weighted by Gasteiger charge is -2.41. The van der Waals surface area contributed by atoms with Crippen molar-refractivity contribution in [2.75, 3.05) is 0 Å². The number of amides is 1. The van der Waals surface area contributed by atoms with Crippen LogP contribution in [0.25, 0.3) is 0 Å². The molecule has 0 fully saturated rings. The van der Waals surface area contributed by atoms with Crippen molar-refractivity contribution >= 4 is 45.1 Å². The van der Waals surface area contributed by atoms with Gasteiger partial charge in [0.15, 0.2) is 0 Å². The number of carbonyl (C=O) groups excluding carboxylic acids is 1. The molecule has 4 aromatic rings. The number of aryl methyl sites for hydroxylation is 1. The first kappa shape index (κ1) is 31.5. The molecule has 1 amide bonds. The van der Waals surface area contributed by atoms with Crippen LogP contribution in [0.2, 0.25) is 10.0 Å². The first-order valence-electron chi connectivity index (χ1n) is 13.9. The van der Waals surface area contributed by atoms with Gasteiger partial charge in [-0.25, -0.2) is 13.2 Å². The second kappa shape index (κ2) is 13.4. The molecule has 1 aliphatic rings. The maximum absolute atomic E-state index is 14.7. The summed E-state index contributed by atoms with van der Waals surface area (Å²) in [4.78, 5) is 26.4. The molecule has 0 saturated carbocycles. The van der Waals surface area contributed by atoms with Gasteiger partial charge in [0.05, 0.1) is 17.0 Å². The van der Waals surface area contributed by atoms with Crippen molar-refractivity contribution in [3.63, 3.8) is 0 Å². The van der Waals surface area contributed by atoms with Crippen molar-refractivity contribution in [2.24, 2.45) is 0 Å². The summed E-state index contributed by atoms with van der Waals surface area (Å²) in [5.41, 5.74) is 2.53. The minimum atomic E-state index is -4.25. The zero-order valence-corrected chi connectivity index (χ0v) is 26.1. The predicted octanol–water partition coefficient (Wildman–Crippen LogP) is 6.92. The lowest BCUT2D eigenvalue weighted by molar-refractivity contribution is -0.141. The fourth-order valence-corrected chi connectivity index (χ4v) is 7.85. The van der Waals surface area contributed by atoms with E-state index >= 15 is 0 Å². The maximum atomic E-state index is 14.7. The minimum Gasteiger partial charge on any atom is -0.480 e. The normalized spacial score (nSPS) is 17.8. The van der Waals surface area contributed by atoms with Crippen LogP contribution < -0.4 is 5.32 Å². The quantitative estimate of drug-likeness (QED) is 0.205. The molecule has 1 heterocycles. The van der Waals surface area contributed by atoms with E-state index in [9.17, 15) is 23.1 Å². The standard InChI is InChI=1S/C34H30Cl2N2O5S/c1-22-8-5-6-13-31(22)44(42,43)38-30(24-14-16-26(35)17-15-24)19-18-28(32(38)25-11-7-12-27(36)21-25)33(39)37-29(34(40)41)20-23-9-3-2-4-10-23/h2-18,21,29-30,32H,19-20H2,1H3,(H,37,39)(H,40,41)/t29-,30?,32?/m0/s1. The molecule has 0 radical (unpaired) electrons. The van der Waals surface area contributed by atoms with Gasteiger partial charge in [0.25, 0.3) is 0 Å². The molecule has 226 valence electrons. The summed E-state index contributed by atoms with van der Waals surface area (Å²) in [6, 6.07) is 26.1. The number of nitrogens with one attached hydrogen (secondary N) is 1. The van der Waals surface area contributed by atoms with Crippen LogP contribution in [-0.4, -0.2) is 35.7 Å². The number of sulfonamides is 1. The van der Waals surface area contributed by atoms with Gasteiger partial charge in [0.1, 0.15) is 6.04 Å². The second-order valence-electron chi connectivity index (χ2n) is 10.6. The zero-order valence-electron chi connectivity index (χ0n) is 23.7. The Morgan fingerprint density at radius 3 is 2.23 bits per heavy atom. The van der Waals surface area contributed by atoms with Gasteiger partial charge in [-0.1, -0.05) is 102 Å². The molecule has 44 heavy (non-hydrogen) atoms. The van der Waals surface area contributed by atoms with Crippen LogP contribution in [0, 0.1) is 6.92 Å². The van der Waals surface area contributed by atoms with Crippen LogP contribution in [0.1, 0.15) is 40.8 Å². The number of rotatable bonds is 9. The van der Waals surface area contributed by atoms with E-state index < -0.39 is 40.0 Å². The number of nitrogens with zero attached hydrogens (tertiary/aromatic N) is 1. The first-order valence-corrected chi connectivity index (χ1v) is 16.1. The zero-order chi connectivity index (χ0) is 31.4. The molecular weight excluding hydrogens is 619 g/mol. The van der Waals surface area contributed by atoms with E-state index in [0.29, 0.717) is 26.7 Å². The Labute approximate surface area is 266 Å². The number of benzene rings is 4. The van der Waals surface area contributed by atoms with E-state index in [2.05, 4.69) is 5.32 Å². The highest BCUT2D eigenvalue weighted by molar-refractivity contribution is 7.89. The summed E-state index contributed by atoms with van der Waals surface area (Å²) in [5, 5.41) is 13.5. The highest BCUT2D eigenvalue weighted by Crippen LogP contribution is 2.46. The summed E-state index contributed by atoms with van der Waals surface area (Å²) in [6.07, 6.45) is 1.89. The molecule has 0 aliphatic carbocycles. The first-order chi connectivity index (χ1) is 21.1. The number of carboxylic acids is 1. The summed E-state index contributed by atoms with van der Waals surface area (Å²) in [7, 11) is -4.25. The Morgan fingerprint density at radius 2 is 1.57 bits per heavy atom. The summed E-state index contributed by atoms with van der Waals surface area (Å²) < 4.78 is 30.7. The number of hydrogen-bond acceptors (Lipinski definition) is 4. The number of halogens is 2. The number of carboxylic acid groups (broad SMARTS) is 1. The Morgan fingerprint density at radius 1 is 0.886 bits per heavy atom. The molecular formula is C34H30Cl2N2O5S. The van der Waals surface area contributed by atoms with Crippen molar-refractivity contribution in [1.82, 2.24) is 9.62 Å². The van der Waals surface area contributed by atoms with Crippen molar-refractivity contribution in [3.05, 3.63) is 147 Å². The van der Waals surface area contributed by atoms with Gasteiger partial charge in [0.2, 0.25) is 15.9 Å². The molecule has 0 spiro atoms. The van der Waals surface area contributed by atoms with E-state index in [-0.39, 0.29) is 23.3 Å². The average Bonchev–Trinajstić information content (AvgIpc) is 3.01. The molecule has 0 aromatic heterocycles. The SMILES string of the molecule is Cc1ccccc1S(=O)(=O)N1C(c2ccc(Cl)cc2)CC=C(C(=O)N[C@@H](Cc2ccccc2)C(=O)O)C1c1cccc(Cl)c1. The third kappa shape index (κ3) is 6.74. The molecule has 2 unspecified atom stereocenters. The predicted molar refractivity (Wildman–Crippen MR) is 171 cm³/mol. The van der Waals surface area contributed by atoms with Gasteiger partial charge in [-0.3, -0.25) is 4.79 Å². The van der Waals surface area contributed by atoms with Gasteiger partial charge in [-0.2, -0.15) is 4.31 Å². The highest BCUT2D eigenvalue weighted by atomic mass is 35.5. The Bertz CT molecular complexity index is 1810. The summed E-state index contributed by atoms with van der Waals surface area (Å²) >= 11 is 12.6. The highest BCUT2D eigenvalue weighted by Gasteiger charge is 2.45. The largest absolute Gasteiger partial charge is 0.480 e. The van der Waals surface area contributed by atoms with Crippen molar-refractivity contribution in [3.8, 4) is 0 Å². The molecule has 0 saturated heterocycles. The van der Waals surface area contributed by atoms with Gasteiger partial charge < -0.3 is 10.4 Å².